The number of carbonyl (C=O) groups excluding carboxylic acids is 1. The summed E-state index contributed by atoms with van der Waals surface area (Å²) in [5.74, 6) is -0.339. The molecule has 1 amide bonds. The van der Waals surface area contributed by atoms with E-state index in [0.29, 0.717) is 16.8 Å². The lowest BCUT2D eigenvalue weighted by Gasteiger charge is -2.13. The Kier molecular flexibility index (Phi) is 4.35. The van der Waals surface area contributed by atoms with Gasteiger partial charge in [0.15, 0.2) is 0 Å². The summed E-state index contributed by atoms with van der Waals surface area (Å²) >= 11 is 1.41. The van der Waals surface area contributed by atoms with Gasteiger partial charge in [-0.25, -0.2) is 0 Å². The number of hydrogen-bond donors (Lipinski definition) is 2. The molecule has 6 nitrogen and oxygen atoms in total. The summed E-state index contributed by atoms with van der Waals surface area (Å²) in [5.41, 5.74) is 7.57. The number of thiophene rings is 1. The van der Waals surface area contributed by atoms with Gasteiger partial charge in [-0.1, -0.05) is 6.07 Å². The van der Waals surface area contributed by atoms with E-state index in [0.717, 1.165) is 4.88 Å². The minimum atomic E-state index is -0.750. The zero-order valence-electron chi connectivity index (χ0n) is 11.6. The minimum absolute atomic E-state index is 0.0352. The Morgan fingerprint density at radius 1 is 1.38 bits per heavy atom. The maximum absolute atomic E-state index is 12.1. The average Bonchev–Trinajstić information content (AvgIpc) is 2.95. The molecular formula is C14H15N3O3S. The molecule has 0 spiro atoms. The summed E-state index contributed by atoms with van der Waals surface area (Å²) in [5, 5.41) is 15.4. The van der Waals surface area contributed by atoms with E-state index in [-0.39, 0.29) is 11.6 Å². The number of nitro benzene ring substituents is 1. The van der Waals surface area contributed by atoms with Crippen molar-refractivity contribution in [3.8, 4) is 0 Å². The molecule has 0 aliphatic rings. The Morgan fingerprint density at radius 2 is 2.10 bits per heavy atom. The number of nitrogens with one attached hydrogen (secondary N) is 1. The first-order valence-electron chi connectivity index (χ1n) is 6.25. The van der Waals surface area contributed by atoms with E-state index in [1.165, 1.54) is 17.4 Å². The second-order valence-electron chi connectivity index (χ2n) is 4.69. The van der Waals surface area contributed by atoms with Crippen LogP contribution in [0.3, 0.4) is 0 Å². The van der Waals surface area contributed by atoms with Crippen LogP contribution in [0.5, 0.6) is 0 Å². The zero-order chi connectivity index (χ0) is 15.6. The van der Waals surface area contributed by atoms with Crippen LogP contribution >= 0.6 is 11.3 Å². The van der Waals surface area contributed by atoms with Crippen molar-refractivity contribution in [2.45, 2.75) is 19.9 Å². The molecule has 0 saturated heterocycles. The molecule has 1 atom stereocenters. The highest BCUT2D eigenvalue weighted by molar-refractivity contribution is 7.10. The Labute approximate surface area is 125 Å². The zero-order valence-corrected chi connectivity index (χ0v) is 12.4. The highest BCUT2D eigenvalue weighted by Crippen LogP contribution is 2.27. The molecule has 0 radical (unpaired) electrons. The summed E-state index contributed by atoms with van der Waals surface area (Å²) in [6.07, 6.45) is 0. The molecule has 1 heterocycles. The Morgan fingerprint density at radius 3 is 2.67 bits per heavy atom. The quantitative estimate of drug-likeness (QED) is 0.670. The lowest BCUT2D eigenvalue weighted by atomic mass is 10.1. The van der Waals surface area contributed by atoms with Gasteiger partial charge in [0, 0.05) is 22.2 Å². The summed E-state index contributed by atoms with van der Waals surface area (Å²) < 4.78 is 0. The molecule has 2 rings (SSSR count). The van der Waals surface area contributed by atoms with Crippen LogP contribution in [0.15, 0.2) is 29.6 Å². The molecule has 110 valence electrons. The molecular weight excluding hydrogens is 290 g/mol. The van der Waals surface area contributed by atoms with Crippen LogP contribution in [-0.4, -0.2) is 10.8 Å². The first-order valence-corrected chi connectivity index (χ1v) is 7.13. The lowest BCUT2D eigenvalue weighted by molar-refractivity contribution is -0.385. The number of amides is 1. The van der Waals surface area contributed by atoms with E-state index < -0.39 is 11.0 Å². The number of aryl methyl sites for hydroxylation is 2. The molecule has 1 unspecified atom stereocenters. The van der Waals surface area contributed by atoms with Crippen LogP contribution in [0.25, 0.3) is 0 Å². The van der Waals surface area contributed by atoms with Crippen LogP contribution in [0.2, 0.25) is 0 Å². The maximum atomic E-state index is 12.1. The fraction of sp³-hybridized carbons (Fsp3) is 0.214. The van der Waals surface area contributed by atoms with Crippen molar-refractivity contribution in [1.29, 1.82) is 0 Å². The third-order valence-electron chi connectivity index (χ3n) is 3.13. The summed E-state index contributed by atoms with van der Waals surface area (Å²) in [6.45, 7) is 3.34. The topological polar surface area (TPSA) is 98.3 Å². The van der Waals surface area contributed by atoms with Crippen LogP contribution in [0, 0.1) is 24.0 Å². The Hall–Kier alpha value is -2.25. The van der Waals surface area contributed by atoms with E-state index in [9.17, 15) is 14.9 Å². The second kappa shape index (κ2) is 6.02. The highest BCUT2D eigenvalue weighted by Gasteiger charge is 2.19. The Bertz CT molecular complexity index is 683. The summed E-state index contributed by atoms with van der Waals surface area (Å²) in [7, 11) is 0. The molecule has 1 aromatic carbocycles. The van der Waals surface area contributed by atoms with E-state index in [1.54, 1.807) is 26.0 Å². The average molecular weight is 305 g/mol. The van der Waals surface area contributed by atoms with Gasteiger partial charge in [0.05, 0.1) is 4.92 Å². The molecule has 21 heavy (non-hydrogen) atoms. The van der Waals surface area contributed by atoms with Gasteiger partial charge < -0.3 is 11.1 Å². The standard InChI is InChI=1S/C14H15N3O3S/c1-8-7-11(17(19)20)9(2)6-10(8)16-14(18)13(15)12-4-3-5-21-12/h3-7,13H,15H2,1-2H3,(H,16,18). The highest BCUT2D eigenvalue weighted by atomic mass is 32.1. The molecule has 2 aromatic rings. The van der Waals surface area contributed by atoms with Crippen molar-refractivity contribution >= 4 is 28.6 Å². The third kappa shape index (κ3) is 3.26. The number of nitro groups is 1. The van der Waals surface area contributed by atoms with Crippen LogP contribution in [0.4, 0.5) is 11.4 Å². The Balaban J connectivity index is 2.22. The molecule has 0 fully saturated rings. The van der Waals surface area contributed by atoms with Gasteiger partial charge in [-0.3, -0.25) is 14.9 Å². The van der Waals surface area contributed by atoms with E-state index in [2.05, 4.69) is 5.32 Å². The second-order valence-corrected chi connectivity index (χ2v) is 5.67. The third-order valence-corrected chi connectivity index (χ3v) is 4.09. The largest absolute Gasteiger partial charge is 0.324 e. The number of carbonyl (C=O) groups is 1. The molecule has 0 saturated carbocycles. The fourth-order valence-corrected chi connectivity index (χ4v) is 2.67. The monoisotopic (exact) mass is 305 g/mol. The normalized spacial score (nSPS) is 12.0. The van der Waals surface area contributed by atoms with Crippen molar-refractivity contribution in [2.75, 3.05) is 5.32 Å². The van der Waals surface area contributed by atoms with Crippen LogP contribution in [0.1, 0.15) is 22.0 Å². The van der Waals surface area contributed by atoms with Gasteiger partial charge in [-0.15, -0.1) is 11.3 Å². The maximum Gasteiger partial charge on any atom is 0.272 e. The molecule has 0 bridgehead atoms. The van der Waals surface area contributed by atoms with E-state index in [1.807, 2.05) is 11.4 Å². The number of hydrogen-bond acceptors (Lipinski definition) is 5. The number of rotatable bonds is 4. The smallest absolute Gasteiger partial charge is 0.272 e. The molecule has 1 aromatic heterocycles. The first-order chi connectivity index (χ1) is 9.90. The number of nitrogens with zero attached hydrogens (tertiary/aromatic N) is 1. The van der Waals surface area contributed by atoms with Gasteiger partial charge in [0.25, 0.3) is 5.69 Å². The SMILES string of the molecule is Cc1cc([N+](=O)[O-])c(C)cc1NC(=O)C(N)c1cccs1. The lowest BCUT2D eigenvalue weighted by Crippen LogP contribution is -2.27. The van der Waals surface area contributed by atoms with Crippen molar-refractivity contribution in [3.63, 3.8) is 0 Å². The number of anilines is 1. The van der Waals surface area contributed by atoms with Gasteiger partial charge in [0.2, 0.25) is 5.91 Å². The fourth-order valence-electron chi connectivity index (χ4n) is 1.94. The number of nitrogens with two attached hydrogens (primary N) is 1. The minimum Gasteiger partial charge on any atom is -0.324 e. The van der Waals surface area contributed by atoms with Crippen molar-refractivity contribution < 1.29 is 9.72 Å². The molecule has 0 aliphatic heterocycles. The van der Waals surface area contributed by atoms with Crippen molar-refractivity contribution in [2.24, 2.45) is 5.73 Å². The molecule has 3 N–H and O–H groups in total. The van der Waals surface area contributed by atoms with E-state index >= 15 is 0 Å². The molecule has 0 aliphatic carbocycles. The van der Waals surface area contributed by atoms with Gasteiger partial charge in [0.1, 0.15) is 6.04 Å². The van der Waals surface area contributed by atoms with Gasteiger partial charge in [-0.05, 0) is 36.9 Å². The predicted molar refractivity (Wildman–Crippen MR) is 82.4 cm³/mol. The summed E-state index contributed by atoms with van der Waals surface area (Å²) in [4.78, 5) is 23.3. The van der Waals surface area contributed by atoms with Crippen LogP contribution < -0.4 is 11.1 Å². The first kappa shape index (κ1) is 15.1. The van der Waals surface area contributed by atoms with Gasteiger partial charge in [-0.2, -0.15) is 0 Å². The van der Waals surface area contributed by atoms with Crippen LogP contribution in [-0.2, 0) is 4.79 Å². The predicted octanol–water partition coefficient (Wildman–Crippen LogP) is 2.91. The van der Waals surface area contributed by atoms with Crippen molar-refractivity contribution in [3.05, 3.63) is 55.8 Å². The summed E-state index contributed by atoms with van der Waals surface area (Å²) in [6, 6.07) is 5.91. The van der Waals surface area contributed by atoms with Gasteiger partial charge >= 0.3 is 0 Å². The van der Waals surface area contributed by atoms with Crippen molar-refractivity contribution in [1.82, 2.24) is 0 Å². The number of benzene rings is 1. The molecule has 7 heteroatoms. The van der Waals surface area contributed by atoms with E-state index in [4.69, 9.17) is 5.73 Å².